The van der Waals surface area contributed by atoms with Crippen LogP contribution in [0.4, 0.5) is 0 Å². The van der Waals surface area contributed by atoms with E-state index in [4.69, 9.17) is 4.74 Å². The first-order chi connectivity index (χ1) is 8.66. The normalized spacial score (nSPS) is 16.1. The Morgan fingerprint density at radius 1 is 1.33 bits per heavy atom. The molecule has 0 spiro atoms. The van der Waals surface area contributed by atoms with Crippen molar-refractivity contribution in [2.45, 2.75) is 26.2 Å². The third-order valence-corrected chi connectivity index (χ3v) is 3.07. The van der Waals surface area contributed by atoms with Crippen LogP contribution in [0, 0.1) is 0 Å². The highest BCUT2D eigenvalue weighted by Crippen LogP contribution is 2.11. The van der Waals surface area contributed by atoms with Crippen molar-refractivity contribution in [3.63, 3.8) is 0 Å². The van der Waals surface area contributed by atoms with Gasteiger partial charge in [-0.2, -0.15) is 0 Å². The standard InChI is InChI=1S/C13H19N3O2/c1-10(2)11-8-14-12(15-9-11)7-13(17)16-3-5-18-6-4-16/h8-10H,3-7H2,1-2H3. The number of amides is 1. The van der Waals surface area contributed by atoms with E-state index >= 15 is 0 Å². The lowest BCUT2D eigenvalue weighted by molar-refractivity contribution is -0.134. The smallest absolute Gasteiger partial charge is 0.230 e. The number of hydrogen-bond donors (Lipinski definition) is 0. The lowest BCUT2D eigenvalue weighted by Crippen LogP contribution is -2.41. The average molecular weight is 249 g/mol. The zero-order valence-corrected chi connectivity index (χ0v) is 10.9. The van der Waals surface area contributed by atoms with Crippen molar-refractivity contribution in [3.8, 4) is 0 Å². The van der Waals surface area contributed by atoms with Crippen LogP contribution in [-0.4, -0.2) is 47.1 Å². The summed E-state index contributed by atoms with van der Waals surface area (Å²) >= 11 is 0. The third kappa shape index (κ3) is 3.26. The highest BCUT2D eigenvalue weighted by atomic mass is 16.5. The van der Waals surface area contributed by atoms with Crippen molar-refractivity contribution in [3.05, 3.63) is 23.8 Å². The fourth-order valence-corrected chi connectivity index (χ4v) is 1.81. The summed E-state index contributed by atoms with van der Waals surface area (Å²) in [6, 6.07) is 0. The van der Waals surface area contributed by atoms with Gasteiger partial charge in [-0.25, -0.2) is 9.97 Å². The van der Waals surface area contributed by atoms with Gasteiger partial charge in [-0.3, -0.25) is 4.79 Å². The van der Waals surface area contributed by atoms with Crippen LogP contribution in [0.3, 0.4) is 0 Å². The number of rotatable bonds is 3. The molecular formula is C13H19N3O2. The molecule has 2 heterocycles. The number of carbonyl (C=O) groups is 1. The minimum absolute atomic E-state index is 0.0793. The van der Waals surface area contributed by atoms with E-state index in [-0.39, 0.29) is 12.3 Å². The quantitative estimate of drug-likeness (QED) is 0.802. The molecule has 0 bridgehead atoms. The molecule has 5 nitrogen and oxygen atoms in total. The lowest BCUT2D eigenvalue weighted by atomic mass is 10.1. The van der Waals surface area contributed by atoms with Crippen LogP contribution < -0.4 is 0 Å². The maximum atomic E-state index is 12.0. The second-order valence-electron chi connectivity index (χ2n) is 4.76. The minimum Gasteiger partial charge on any atom is -0.378 e. The van der Waals surface area contributed by atoms with Gasteiger partial charge in [0.05, 0.1) is 19.6 Å². The van der Waals surface area contributed by atoms with Crippen LogP contribution >= 0.6 is 0 Å². The summed E-state index contributed by atoms with van der Waals surface area (Å²) in [5.41, 5.74) is 1.09. The van der Waals surface area contributed by atoms with E-state index in [1.54, 1.807) is 12.4 Å². The molecule has 1 aliphatic rings. The zero-order chi connectivity index (χ0) is 13.0. The van der Waals surface area contributed by atoms with Gasteiger partial charge >= 0.3 is 0 Å². The molecule has 0 radical (unpaired) electrons. The molecule has 0 atom stereocenters. The van der Waals surface area contributed by atoms with E-state index < -0.39 is 0 Å². The van der Waals surface area contributed by atoms with E-state index in [1.165, 1.54) is 0 Å². The molecule has 0 unspecified atom stereocenters. The van der Waals surface area contributed by atoms with Crippen molar-refractivity contribution >= 4 is 5.91 Å². The second kappa shape index (κ2) is 5.91. The Balaban J connectivity index is 1.94. The summed E-state index contributed by atoms with van der Waals surface area (Å²) in [7, 11) is 0. The highest BCUT2D eigenvalue weighted by Gasteiger charge is 2.17. The van der Waals surface area contributed by atoms with Crippen LogP contribution in [0.15, 0.2) is 12.4 Å². The van der Waals surface area contributed by atoms with Crippen LogP contribution in [0.1, 0.15) is 31.2 Å². The first-order valence-electron chi connectivity index (χ1n) is 6.33. The maximum absolute atomic E-state index is 12.0. The molecule has 1 saturated heterocycles. The molecule has 0 aromatic carbocycles. The number of morpholine rings is 1. The Hall–Kier alpha value is -1.49. The second-order valence-corrected chi connectivity index (χ2v) is 4.76. The fourth-order valence-electron chi connectivity index (χ4n) is 1.81. The van der Waals surface area contributed by atoms with Crippen molar-refractivity contribution < 1.29 is 9.53 Å². The Bertz CT molecular complexity index is 397. The van der Waals surface area contributed by atoms with Gasteiger partial charge in [-0.05, 0) is 11.5 Å². The summed E-state index contributed by atoms with van der Waals surface area (Å²) in [4.78, 5) is 22.3. The zero-order valence-electron chi connectivity index (χ0n) is 10.9. The molecule has 0 aliphatic carbocycles. The van der Waals surface area contributed by atoms with E-state index in [0.717, 1.165) is 5.56 Å². The summed E-state index contributed by atoms with van der Waals surface area (Å²) in [5.74, 6) is 1.08. The summed E-state index contributed by atoms with van der Waals surface area (Å²) in [5, 5.41) is 0. The largest absolute Gasteiger partial charge is 0.378 e. The van der Waals surface area contributed by atoms with E-state index in [2.05, 4.69) is 23.8 Å². The first kappa shape index (κ1) is 13.0. The molecule has 1 aliphatic heterocycles. The number of ether oxygens (including phenoxy) is 1. The lowest BCUT2D eigenvalue weighted by Gasteiger charge is -2.26. The van der Waals surface area contributed by atoms with Crippen LogP contribution in [-0.2, 0) is 16.0 Å². The van der Waals surface area contributed by atoms with Gasteiger partial charge in [-0.1, -0.05) is 13.8 Å². The number of aromatic nitrogens is 2. The van der Waals surface area contributed by atoms with Gasteiger partial charge in [0.1, 0.15) is 5.82 Å². The van der Waals surface area contributed by atoms with E-state index in [0.29, 0.717) is 38.0 Å². The molecule has 1 fully saturated rings. The maximum Gasteiger partial charge on any atom is 0.230 e. The number of nitrogens with zero attached hydrogens (tertiary/aromatic N) is 3. The Morgan fingerprint density at radius 3 is 2.50 bits per heavy atom. The monoisotopic (exact) mass is 249 g/mol. The van der Waals surface area contributed by atoms with Gasteiger partial charge in [0.2, 0.25) is 5.91 Å². The SMILES string of the molecule is CC(C)c1cnc(CC(=O)N2CCOCC2)nc1. The minimum atomic E-state index is 0.0793. The molecule has 1 aromatic rings. The highest BCUT2D eigenvalue weighted by molar-refractivity contribution is 5.78. The molecule has 1 aromatic heterocycles. The van der Waals surface area contributed by atoms with Crippen molar-refractivity contribution in [1.29, 1.82) is 0 Å². The average Bonchev–Trinajstić information content (AvgIpc) is 2.40. The van der Waals surface area contributed by atoms with Crippen molar-refractivity contribution in [1.82, 2.24) is 14.9 Å². The molecule has 2 rings (SSSR count). The summed E-state index contributed by atoms with van der Waals surface area (Å²) < 4.78 is 5.22. The van der Waals surface area contributed by atoms with Crippen molar-refractivity contribution in [2.75, 3.05) is 26.3 Å². The van der Waals surface area contributed by atoms with Crippen LogP contribution in [0.2, 0.25) is 0 Å². The third-order valence-electron chi connectivity index (χ3n) is 3.07. The molecule has 5 heteroatoms. The molecule has 0 N–H and O–H groups in total. The molecule has 1 amide bonds. The predicted molar refractivity (Wildman–Crippen MR) is 67.2 cm³/mol. The van der Waals surface area contributed by atoms with Crippen molar-refractivity contribution in [2.24, 2.45) is 0 Å². The van der Waals surface area contributed by atoms with E-state index in [9.17, 15) is 4.79 Å². The fraction of sp³-hybridized carbons (Fsp3) is 0.615. The van der Waals surface area contributed by atoms with Gasteiger partial charge < -0.3 is 9.64 Å². The molecule has 98 valence electrons. The van der Waals surface area contributed by atoms with Gasteiger partial charge in [-0.15, -0.1) is 0 Å². The van der Waals surface area contributed by atoms with Gasteiger partial charge in [0.25, 0.3) is 0 Å². The predicted octanol–water partition coefficient (Wildman–Crippen LogP) is 1.00. The number of hydrogen-bond acceptors (Lipinski definition) is 4. The Labute approximate surface area is 107 Å². The summed E-state index contributed by atoms with van der Waals surface area (Å²) in [6.45, 7) is 6.78. The Morgan fingerprint density at radius 2 is 1.94 bits per heavy atom. The molecular weight excluding hydrogens is 230 g/mol. The summed E-state index contributed by atoms with van der Waals surface area (Å²) in [6.07, 6.45) is 3.89. The van der Waals surface area contributed by atoms with Crippen LogP contribution in [0.5, 0.6) is 0 Å². The topological polar surface area (TPSA) is 55.3 Å². The number of carbonyl (C=O) groups excluding carboxylic acids is 1. The molecule has 0 saturated carbocycles. The van der Waals surface area contributed by atoms with Gasteiger partial charge in [0, 0.05) is 25.5 Å². The first-order valence-corrected chi connectivity index (χ1v) is 6.33. The molecule has 18 heavy (non-hydrogen) atoms. The van der Waals surface area contributed by atoms with Gasteiger partial charge in [0.15, 0.2) is 0 Å². The Kier molecular flexibility index (Phi) is 4.25. The van der Waals surface area contributed by atoms with Crippen LogP contribution in [0.25, 0.3) is 0 Å². The van der Waals surface area contributed by atoms with E-state index in [1.807, 2.05) is 4.90 Å².